The van der Waals surface area contributed by atoms with Crippen LogP contribution in [0.5, 0.6) is 5.75 Å². The largest absolute Gasteiger partial charge is 0.508 e. The number of hydrogen-bond donors (Lipinski definition) is 14. The molecule has 0 heterocycles. The zero-order valence-electron chi connectivity index (χ0n) is 37.3. The predicted molar refractivity (Wildman–Crippen MR) is 234 cm³/mol. The van der Waals surface area contributed by atoms with Gasteiger partial charge in [-0.3, -0.25) is 48.1 Å². The van der Waals surface area contributed by atoms with E-state index in [2.05, 4.69) is 36.9 Å². The summed E-state index contributed by atoms with van der Waals surface area (Å²) in [6.07, 6.45) is -3.55. The summed E-state index contributed by atoms with van der Waals surface area (Å²) in [6, 6.07) is -4.84. The van der Waals surface area contributed by atoms with Gasteiger partial charge in [0.05, 0.1) is 6.04 Å². The lowest BCUT2D eigenvalue weighted by atomic mass is 9.96. The van der Waals surface area contributed by atoms with Gasteiger partial charge < -0.3 is 74.6 Å². The molecule has 0 aliphatic rings. The fourth-order valence-electron chi connectivity index (χ4n) is 6.17. The van der Waals surface area contributed by atoms with E-state index >= 15 is 0 Å². The second kappa shape index (κ2) is 28.7. The van der Waals surface area contributed by atoms with Crippen molar-refractivity contribution in [2.24, 2.45) is 34.0 Å². The van der Waals surface area contributed by atoms with Crippen LogP contribution in [0.2, 0.25) is 0 Å². The number of nitrogens with two attached hydrogens (primary N) is 3. The first-order valence-electron chi connectivity index (χ1n) is 21.2. The molecular formula is C41H64N10O15. The molecule has 0 aromatic heterocycles. The number of carboxylic acid groups (broad SMARTS) is 4. The number of carboxylic acids is 4. The number of hydrogen-bond acceptors (Lipinski definition) is 13. The number of phenols is 1. The van der Waals surface area contributed by atoms with Crippen LogP contribution >= 0.6 is 0 Å². The van der Waals surface area contributed by atoms with Gasteiger partial charge in [0.15, 0.2) is 5.96 Å². The minimum Gasteiger partial charge on any atom is -0.508 e. The maximum absolute atomic E-state index is 13.9. The standard InChI is InChI=1S/C41H64N10O15/c1-5-21(4)33(39(64)49-25(7-6-18-45-41(43)44)37(62)50-32(20(2)3)40(65)66)51-38(63)28(14-17-31(57)58)48-36(61)27(13-16-30(55)56)47-35(60)26(12-15-29(53)54)46-34(59)24(42)19-22-8-10-23(52)11-9-22/h8-11,20-21,24-28,32-33,52H,5-7,12-19,42H2,1-4H3,(H,46,59)(H,47,60)(H,48,61)(H,49,64)(H,50,62)(H,51,63)(H,53,54)(H,55,56)(H,57,58)(H,65,66)(H4,43,44,45)/t21-,24-,25-,26-,27-,28-,32-,33-/m0/s1. The van der Waals surface area contributed by atoms with Gasteiger partial charge >= 0.3 is 23.9 Å². The molecule has 0 fully saturated rings. The predicted octanol–water partition coefficient (Wildman–Crippen LogP) is -2.39. The molecule has 1 rings (SSSR count). The summed E-state index contributed by atoms with van der Waals surface area (Å²) in [7, 11) is 0. The molecule has 1 aromatic carbocycles. The van der Waals surface area contributed by atoms with Gasteiger partial charge in [0.1, 0.15) is 42.0 Å². The van der Waals surface area contributed by atoms with Crippen molar-refractivity contribution in [1.82, 2.24) is 31.9 Å². The van der Waals surface area contributed by atoms with E-state index in [-0.39, 0.29) is 43.9 Å². The number of guanidine groups is 1. The number of nitrogens with zero attached hydrogens (tertiary/aromatic N) is 1. The third-order valence-corrected chi connectivity index (χ3v) is 10.2. The number of carbonyl (C=O) groups is 10. The highest BCUT2D eigenvalue weighted by molar-refractivity contribution is 5.97. The lowest BCUT2D eigenvalue weighted by Gasteiger charge is -2.29. The average Bonchev–Trinajstić information content (AvgIpc) is 3.23. The van der Waals surface area contributed by atoms with Crippen LogP contribution in [-0.4, -0.2) is 140 Å². The molecular weight excluding hydrogens is 873 g/mol. The van der Waals surface area contributed by atoms with Gasteiger partial charge in [0, 0.05) is 25.8 Å². The van der Waals surface area contributed by atoms with Crippen molar-refractivity contribution in [3.05, 3.63) is 29.8 Å². The Hall–Kier alpha value is -7.05. The number of carbonyl (C=O) groups excluding carboxylic acids is 6. The molecule has 25 nitrogen and oxygen atoms in total. The third-order valence-electron chi connectivity index (χ3n) is 10.2. The molecule has 1 aromatic rings. The Morgan fingerprint density at radius 3 is 1.36 bits per heavy atom. The molecule has 0 radical (unpaired) electrons. The molecule has 0 saturated heterocycles. The monoisotopic (exact) mass is 936 g/mol. The quantitative estimate of drug-likeness (QED) is 0.0210. The Morgan fingerprint density at radius 2 is 0.970 bits per heavy atom. The summed E-state index contributed by atoms with van der Waals surface area (Å²) >= 11 is 0. The maximum atomic E-state index is 13.9. The van der Waals surface area contributed by atoms with Crippen LogP contribution in [0.4, 0.5) is 0 Å². The number of aliphatic imine (C=N–C) groups is 1. The van der Waals surface area contributed by atoms with Crippen LogP contribution in [0.3, 0.4) is 0 Å². The summed E-state index contributed by atoms with van der Waals surface area (Å²) in [4.78, 5) is 132. The minimum absolute atomic E-state index is 0.0345. The summed E-state index contributed by atoms with van der Waals surface area (Å²) in [5, 5.41) is 61.8. The van der Waals surface area contributed by atoms with Crippen molar-refractivity contribution in [2.45, 2.75) is 134 Å². The first-order valence-corrected chi connectivity index (χ1v) is 21.2. The highest BCUT2D eigenvalue weighted by Gasteiger charge is 2.36. The molecule has 0 bridgehead atoms. The normalized spacial score (nSPS) is 14.6. The molecule has 368 valence electrons. The summed E-state index contributed by atoms with van der Waals surface area (Å²) < 4.78 is 0. The Morgan fingerprint density at radius 1 is 0.576 bits per heavy atom. The molecule has 66 heavy (non-hydrogen) atoms. The van der Waals surface area contributed by atoms with Gasteiger partial charge in [0.2, 0.25) is 35.4 Å². The average molecular weight is 937 g/mol. The Labute approximate surface area is 380 Å². The lowest BCUT2D eigenvalue weighted by Crippen LogP contribution is -2.61. The Bertz CT molecular complexity index is 1890. The van der Waals surface area contributed by atoms with Crippen molar-refractivity contribution in [3.63, 3.8) is 0 Å². The molecule has 0 spiro atoms. The van der Waals surface area contributed by atoms with E-state index in [9.17, 15) is 73.5 Å². The molecule has 25 heteroatoms. The van der Waals surface area contributed by atoms with Crippen molar-refractivity contribution in [3.8, 4) is 5.75 Å². The summed E-state index contributed by atoms with van der Waals surface area (Å²) in [6.45, 7) is 6.39. The number of phenolic OH excluding ortho intramolecular Hbond substituents is 1. The summed E-state index contributed by atoms with van der Waals surface area (Å²) in [5.74, 6) is -13.1. The van der Waals surface area contributed by atoms with Gasteiger partial charge in [-0.2, -0.15) is 0 Å². The van der Waals surface area contributed by atoms with E-state index < -0.39 is 152 Å². The van der Waals surface area contributed by atoms with E-state index in [1.165, 1.54) is 24.3 Å². The second-order valence-corrected chi connectivity index (χ2v) is 15.9. The molecule has 0 saturated carbocycles. The first kappa shape index (κ1) is 57.0. The van der Waals surface area contributed by atoms with Crippen LogP contribution in [-0.2, 0) is 54.4 Å². The van der Waals surface area contributed by atoms with Gasteiger partial charge in [-0.1, -0.05) is 46.2 Å². The van der Waals surface area contributed by atoms with Gasteiger partial charge in [-0.25, -0.2) is 4.79 Å². The highest BCUT2D eigenvalue weighted by atomic mass is 16.4. The smallest absolute Gasteiger partial charge is 0.326 e. The molecule has 8 atom stereocenters. The zero-order valence-corrected chi connectivity index (χ0v) is 37.3. The van der Waals surface area contributed by atoms with Crippen LogP contribution in [0.1, 0.15) is 91.0 Å². The van der Waals surface area contributed by atoms with E-state index in [0.717, 1.165) is 0 Å². The zero-order chi connectivity index (χ0) is 50.3. The molecule has 0 unspecified atom stereocenters. The van der Waals surface area contributed by atoms with Crippen LogP contribution in [0.25, 0.3) is 0 Å². The van der Waals surface area contributed by atoms with Gasteiger partial charge in [-0.15, -0.1) is 0 Å². The highest BCUT2D eigenvalue weighted by Crippen LogP contribution is 2.14. The lowest BCUT2D eigenvalue weighted by molar-refractivity contribution is -0.144. The Kier molecular flexibility index (Phi) is 24.8. The number of aliphatic carboxylic acids is 4. The number of rotatable bonds is 31. The first-order chi connectivity index (χ1) is 30.9. The molecule has 0 aliphatic heterocycles. The number of aromatic hydroxyl groups is 1. The number of nitrogens with one attached hydrogen (secondary N) is 6. The number of amides is 6. The van der Waals surface area contributed by atoms with Crippen molar-refractivity contribution in [1.29, 1.82) is 0 Å². The summed E-state index contributed by atoms with van der Waals surface area (Å²) in [5.41, 5.74) is 17.3. The molecule has 0 aliphatic carbocycles. The van der Waals surface area contributed by atoms with E-state index in [0.29, 0.717) is 5.56 Å². The van der Waals surface area contributed by atoms with Crippen molar-refractivity contribution >= 4 is 65.3 Å². The molecule has 6 amide bonds. The topological polar surface area (TPSA) is 434 Å². The second-order valence-electron chi connectivity index (χ2n) is 15.9. The van der Waals surface area contributed by atoms with Crippen LogP contribution in [0, 0.1) is 11.8 Å². The van der Waals surface area contributed by atoms with Crippen molar-refractivity contribution in [2.75, 3.05) is 6.54 Å². The fraction of sp³-hybridized carbons (Fsp3) is 0.585. The Balaban J connectivity index is 3.46. The third kappa shape index (κ3) is 21.6. The van der Waals surface area contributed by atoms with E-state index in [1.807, 2.05) is 0 Å². The molecule has 17 N–H and O–H groups in total. The van der Waals surface area contributed by atoms with Crippen molar-refractivity contribution < 1.29 is 73.5 Å². The van der Waals surface area contributed by atoms with E-state index in [4.69, 9.17) is 17.2 Å². The van der Waals surface area contributed by atoms with Gasteiger partial charge in [-0.05, 0) is 68.1 Å². The van der Waals surface area contributed by atoms with Crippen LogP contribution < -0.4 is 49.1 Å². The van der Waals surface area contributed by atoms with E-state index in [1.54, 1.807) is 27.7 Å². The fourth-order valence-corrected chi connectivity index (χ4v) is 6.17. The maximum Gasteiger partial charge on any atom is 0.326 e. The number of benzene rings is 1. The minimum atomic E-state index is -1.77. The van der Waals surface area contributed by atoms with Gasteiger partial charge in [0.25, 0.3) is 0 Å². The SMILES string of the molecule is CC[C@H](C)[C@H](NC(=O)[C@H](CCC(=O)O)NC(=O)[C@H](CCC(=O)O)NC(=O)[C@H](CCC(=O)O)NC(=O)[C@@H](N)Cc1ccc(O)cc1)C(=O)N[C@@H](CCCN=C(N)N)C(=O)N[C@H](C(=O)O)C(C)C. The van der Waals surface area contributed by atoms with Crippen LogP contribution in [0.15, 0.2) is 29.3 Å².